The Hall–Kier alpha value is 0.730. The first-order valence-electron chi connectivity index (χ1n) is 7.08. The Morgan fingerprint density at radius 1 is 1.00 bits per heavy atom. The maximum atomic E-state index is 5.62. The van der Waals surface area contributed by atoms with Crippen molar-refractivity contribution < 1.29 is 4.74 Å². The van der Waals surface area contributed by atoms with Crippen LogP contribution < -0.4 is 0 Å². The predicted octanol–water partition coefficient (Wildman–Crippen LogP) is 5.54. The fourth-order valence-corrected chi connectivity index (χ4v) is 2.52. The van der Waals surface area contributed by atoms with Crippen molar-refractivity contribution in [2.75, 3.05) is 17.8 Å². The summed E-state index contributed by atoms with van der Waals surface area (Å²) in [4.78, 5) is 0. The molecule has 3 heteroatoms. The molecule has 0 amide bonds. The molecule has 0 saturated heterocycles. The Morgan fingerprint density at radius 2 is 1.59 bits per heavy atom. The highest BCUT2D eigenvalue weighted by Gasteiger charge is 2.06. The number of alkyl halides is 2. The van der Waals surface area contributed by atoms with E-state index in [0.29, 0.717) is 18.6 Å². The van der Waals surface area contributed by atoms with Gasteiger partial charge in [-0.1, -0.05) is 74.2 Å². The van der Waals surface area contributed by atoms with Gasteiger partial charge in [-0.3, -0.25) is 0 Å². The van der Waals surface area contributed by atoms with E-state index in [-0.39, 0.29) is 0 Å². The number of halogens is 2. The molecule has 0 aliphatic heterocycles. The van der Waals surface area contributed by atoms with Crippen LogP contribution in [0.25, 0.3) is 0 Å². The van der Waals surface area contributed by atoms with Crippen LogP contribution >= 0.6 is 27.5 Å². The van der Waals surface area contributed by atoms with Gasteiger partial charge >= 0.3 is 0 Å². The molecule has 0 heterocycles. The molecule has 1 nitrogen and oxygen atoms in total. The summed E-state index contributed by atoms with van der Waals surface area (Å²) >= 11 is 9.10. The minimum Gasteiger partial charge on any atom is -0.376 e. The summed E-state index contributed by atoms with van der Waals surface area (Å²) < 4.78 is 5.62. The Kier molecular flexibility index (Phi) is 15.4. The highest BCUT2D eigenvalue weighted by Crippen LogP contribution is 2.13. The topological polar surface area (TPSA) is 9.23 Å². The molecule has 1 atom stereocenters. The molecule has 0 saturated carbocycles. The van der Waals surface area contributed by atoms with Crippen molar-refractivity contribution in [3.63, 3.8) is 0 Å². The van der Waals surface area contributed by atoms with Crippen LogP contribution in [-0.2, 0) is 4.74 Å². The minimum atomic E-state index is 0.355. The van der Waals surface area contributed by atoms with Gasteiger partial charge in [0.05, 0.1) is 12.7 Å². The molecular weight excluding hydrogens is 300 g/mol. The summed E-state index contributed by atoms with van der Waals surface area (Å²) in [6.07, 6.45) is 12.5. The van der Waals surface area contributed by atoms with E-state index in [1.165, 1.54) is 51.4 Å². The maximum absolute atomic E-state index is 5.62. The van der Waals surface area contributed by atoms with Crippen LogP contribution in [0.2, 0.25) is 0 Å². The largest absolute Gasteiger partial charge is 0.376 e. The fourth-order valence-electron chi connectivity index (χ4n) is 1.92. The second kappa shape index (κ2) is 14.8. The summed E-state index contributed by atoms with van der Waals surface area (Å²) in [5.74, 6) is 0.598. The molecule has 0 spiro atoms. The molecule has 0 aromatic rings. The van der Waals surface area contributed by atoms with E-state index in [0.717, 1.165) is 11.8 Å². The molecule has 1 unspecified atom stereocenters. The van der Waals surface area contributed by atoms with Crippen molar-refractivity contribution in [1.29, 1.82) is 0 Å². The van der Waals surface area contributed by atoms with Crippen molar-refractivity contribution >= 4 is 27.5 Å². The quantitative estimate of drug-likeness (QED) is 0.319. The predicted molar refractivity (Wildman–Crippen MR) is 81.5 cm³/mol. The standard InChI is InChI=1S/C14H28BrClO/c1-2-3-4-5-6-7-8-9-10-14(13-15)17-12-11-16/h14H,2-13H2,1H3. The lowest BCUT2D eigenvalue weighted by atomic mass is 10.1. The highest BCUT2D eigenvalue weighted by atomic mass is 79.9. The third kappa shape index (κ3) is 13.0. The summed E-state index contributed by atoms with van der Waals surface area (Å²) in [5.41, 5.74) is 0. The summed E-state index contributed by atoms with van der Waals surface area (Å²) in [6, 6.07) is 0. The summed E-state index contributed by atoms with van der Waals surface area (Å²) in [6.45, 7) is 2.94. The second-order valence-corrected chi connectivity index (χ2v) is 5.63. The molecule has 0 aliphatic carbocycles. The van der Waals surface area contributed by atoms with E-state index in [9.17, 15) is 0 Å². The molecule has 0 fully saturated rings. The van der Waals surface area contributed by atoms with Gasteiger partial charge < -0.3 is 4.74 Å². The molecular formula is C14H28BrClO. The molecule has 0 N–H and O–H groups in total. The van der Waals surface area contributed by atoms with Crippen LogP contribution in [0.15, 0.2) is 0 Å². The van der Waals surface area contributed by atoms with E-state index in [2.05, 4.69) is 22.9 Å². The van der Waals surface area contributed by atoms with Crippen molar-refractivity contribution in [3.05, 3.63) is 0 Å². The van der Waals surface area contributed by atoms with Gasteiger partial charge in [-0.25, -0.2) is 0 Å². The highest BCUT2D eigenvalue weighted by molar-refractivity contribution is 9.09. The first-order valence-corrected chi connectivity index (χ1v) is 8.74. The van der Waals surface area contributed by atoms with Crippen LogP contribution in [0.1, 0.15) is 64.7 Å². The van der Waals surface area contributed by atoms with E-state index >= 15 is 0 Å². The zero-order chi connectivity index (χ0) is 12.8. The van der Waals surface area contributed by atoms with E-state index in [1.807, 2.05) is 0 Å². The van der Waals surface area contributed by atoms with Crippen molar-refractivity contribution in [1.82, 2.24) is 0 Å². The molecule has 104 valence electrons. The number of unbranched alkanes of at least 4 members (excludes halogenated alkanes) is 7. The molecule has 0 aromatic heterocycles. The van der Waals surface area contributed by atoms with Crippen LogP contribution in [0.3, 0.4) is 0 Å². The maximum Gasteiger partial charge on any atom is 0.0672 e. The minimum absolute atomic E-state index is 0.355. The van der Waals surface area contributed by atoms with Gasteiger partial charge in [-0.05, 0) is 6.42 Å². The Labute approximate surface area is 121 Å². The van der Waals surface area contributed by atoms with Crippen molar-refractivity contribution in [2.24, 2.45) is 0 Å². The van der Waals surface area contributed by atoms with Gasteiger partial charge in [0.1, 0.15) is 0 Å². The molecule has 0 bridgehead atoms. The summed E-state index contributed by atoms with van der Waals surface area (Å²) in [7, 11) is 0. The van der Waals surface area contributed by atoms with Gasteiger partial charge in [0.15, 0.2) is 0 Å². The average Bonchev–Trinajstić information content (AvgIpc) is 2.36. The Balaban J connectivity index is 3.19. The first kappa shape index (κ1) is 17.7. The molecule has 0 aliphatic rings. The van der Waals surface area contributed by atoms with Crippen LogP contribution in [0.5, 0.6) is 0 Å². The van der Waals surface area contributed by atoms with Gasteiger partial charge in [-0.2, -0.15) is 0 Å². The zero-order valence-electron chi connectivity index (χ0n) is 11.2. The van der Waals surface area contributed by atoms with Crippen LogP contribution in [-0.4, -0.2) is 23.9 Å². The second-order valence-electron chi connectivity index (χ2n) is 4.60. The van der Waals surface area contributed by atoms with Gasteiger partial charge in [0.25, 0.3) is 0 Å². The Bertz CT molecular complexity index is 144. The first-order chi connectivity index (χ1) is 8.35. The van der Waals surface area contributed by atoms with Gasteiger partial charge in [0, 0.05) is 11.2 Å². The van der Waals surface area contributed by atoms with Gasteiger partial charge in [-0.15, -0.1) is 11.6 Å². The van der Waals surface area contributed by atoms with Crippen LogP contribution in [0, 0.1) is 0 Å². The fraction of sp³-hybridized carbons (Fsp3) is 1.00. The third-order valence-electron chi connectivity index (χ3n) is 2.98. The smallest absolute Gasteiger partial charge is 0.0672 e. The lowest BCUT2D eigenvalue weighted by molar-refractivity contribution is 0.0739. The average molecular weight is 328 g/mol. The van der Waals surface area contributed by atoms with E-state index in [4.69, 9.17) is 16.3 Å². The molecule has 0 radical (unpaired) electrons. The number of hydrogen-bond acceptors (Lipinski definition) is 1. The third-order valence-corrected chi connectivity index (χ3v) is 3.86. The monoisotopic (exact) mass is 326 g/mol. The number of ether oxygens (including phenoxy) is 1. The SMILES string of the molecule is CCCCCCCCCCC(CBr)OCCCl. The van der Waals surface area contributed by atoms with Crippen molar-refractivity contribution in [3.8, 4) is 0 Å². The van der Waals surface area contributed by atoms with Crippen molar-refractivity contribution in [2.45, 2.75) is 70.8 Å². The lowest BCUT2D eigenvalue weighted by Gasteiger charge is -2.14. The van der Waals surface area contributed by atoms with Gasteiger partial charge in [0.2, 0.25) is 0 Å². The molecule has 0 aromatic carbocycles. The summed E-state index contributed by atoms with van der Waals surface area (Å²) in [5, 5.41) is 0.931. The van der Waals surface area contributed by atoms with E-state index in [1.54, 1.807) is 0 Å². The lowest BCUT2D eigenvalue weighted by Crippen LogP contribution is -2.15. The Morgan fingerprint density at radius 3 is 2.12 bits per heavy atom. The zero-order valence-corrected chi connectivity index (χ0v) is 13.6. The molecule has 17 heavy (non-hydrogen) atoms. The van der Waals surface area contributed by atoms with Crippen LogP contribution in [0.4, 0.5) is 0 Å². The molecule has 0 rings (SSSR count). The number of hydrogen-bond donors (Lipinski definition) is 0. The normalized spacial score (nSPS) is 12.9. The van der Waals surface area contributed by atoms with E-state index < -0.39 is 0 Å². The number of rotatable bonds is 13.